The number of hydrogen-bond donors (Lipinski definition) is 1. The Hall–Kier alpha value is -3.19. The number of hydrogen-bond acceptors (Lipinski definition) is 5. The Labute approximate surface area is 179 Å². The Morgan fingerprint density at radius 3 is 2.77 bits per heavy atom. The van der Waals surface area contributed by atoms with E-state index in [2.05, 4.69) is 10.3 Å². The van der Waals surface area contributed by atoms with E-state index in [9.17, 15) is 9.59 Å². The summed E-state index contributed by atoms with van der Waals surface area (Å²) in [5.41, 5.74) is 1.71. The van der Waals surface area contributed by atoms with E-state index in [1.54, 1.807) is 17.3 Å². The van der Waals surface area contributed by atoms with E-state index in [4.69, 9.17) is 4.74 Å². The summed E-state index contributed by atoms with van der Waals surface area (Å²) in [6.07, 6.45) is 5.11. The number of carbonyl (C=O) groups is 2. The van der Waals surface area contributed by atoms with Gasteiger partial charge in [0.05, 0.1) is 10.8 Å². The number of benzene rings is 1. The number of nitrogens with zero attached hydrogens (tertiary/aromatic N) is 2. The largest absolute Gasteiger partial charge is 0.489 e. The number of ether oxygens (including phenoxy) is 1. The fourth-order valence-corrected chi connectivity index (χ4v) is 4.15. The van der Waals surface area contributed by atoms with Gasteiger partial charge in [0.25, 0.3) is 5.91 Å². The Morgan fingerprint density at radius 2 is 2.03 bits per heavy atom. The molecule has 1 unspecified atom stereocenters. The molecule has 2 amide bonds. The van der Waals surface area contributed by atoms with E-state index in [-0.39, 0.29) is 17.7 Å². The molecule has 0 aliphatic carbocycles. The van der Waals surface area contributed by atoms with Crippen molar-refractivity contribution in [2.24, 2.45) is 5.92 Å². The molecule has 1 fully saturated rings. The highest BCUT2D eigenvalue weighted by Crippen LogP contribution is 2.23. The van der Waals surface area contributed by atoms with Crippen molar-refractivity contribution in [3.8, 4) is 5.75 Å². The number of thiophene rings is 1. The van der Waals surface area contributed by atoms with Gasteiger partial charge in [-0.05, 0) is 54.6 Å². The molecule has 1 N–H and O–H groups in total. The third kappa shape index (κ3) is 5.04. The fourth-order valence-electron chi connectivity index (χ4n) is 3.46. The summed E-state index contributed by atoms with van der Waals surface area (Å²) < 4.78 is 5.75. The Morgan fingerprint density at radius 1 is 1.17 bits per heavy atom. The Kier molecular flexibility index (Phi) is 6.39. The molecule has 0 radical (unpaired) electrons. The van der Waals surface area contributed by atoms with Crippen molar-refractivity contribution in [2.75, 3.05) is 18.4 Å². The number of nitrogens with one attached hydrogen (secondary N) is 1. The average Bonchev–Trinajstić information content (AvgIpc) is 3.34. The SMILES string of the molecule is O=C(Nc1ccc(OCc2cccnc2)cc1)C1CCCN(C(=O)c2cccs2)C1. The van der Waals surface area contributed by atoms with Gasteiger partial charge in [0.1, 0.15) is 12.4 Å². The van der Waals surface area contributed by atoms with E-state index < -0.39 is 0 Å². The van der Waals surface area contributed by atoms with Crippen molar-refractivity contribution in [3.05, 3.63) is 76.7 Å². The first kappa shape index (κ1) is 20.1. The van der Waals surface area contributed by atoms with Crippen molar-refractivity contribution in [2.45, 2.75) is 19.4 Å². The topological polar surface area (TPSA) is 71.5 Å². The third-order valence-electron chi connectivity index (χ3n) is 5.06. The summed E-state index contributed by atoms with van der Waals surface area (Å²) >= 11 is 1.43. The number of aromatic nitrogens is 1. The molecule has 4 rings (SSSR count). The maximum atomic E-state index is 12.7. The molecule has 154 valence electrons. The van der Waals surface area contributed by atoms with Gasteiger partial charge in [0.15, 0.2) is 0 Å². The van der Waals surface area contributed by atoms with Crippen molar-refractivity contribution in [1.82, 2.24) is 9.88 Å². The lowest BCUT2D eigenvalue weighted by Gasteiger charge is -2.31. The molecule has 30 heavy (non-hydrogen) atoms. The number of rotatable bonds is 6. The lowest BCUT2D eigenvalue weighted by molar-refractivity contribution is -0.121. The van der Waals surface area contributed by atoms with Crippen LogP contribution in [0.4, 0.5) is 5.69 Å². The summed E-state index contributed by atoms with van der Waals surface area (Å²) in [6, 6.07) is 14.8. The van der Waals surface area contributed by atoms with Crippen molar-refractivity contribution >= 4 is 28.8 Å². The fraction of sp³-hybridized carbons (Fsp3) is 0.261. The van der Waals surface area contributed by atoms with Crippen LogP contribution in [0.5, 0.6) is 5.75 Å². The van der Waals surface area contributed by atoms with Crippen molar-refractivity contribution in [1.29, 1.82) is 0 Å². The third-order valence-corrected chi connectivity index (χ3v) is 5.92. The molecule has 1 saturated heterocycles. The van der Waals surface area contributed by atoms with E-state index in [1.165, 1.54) is 11.3 Å². The molecule has 3 aromatic rings. The number of piperidine rings is 1. The van der Waals surface area contributed by atoms with Gasteiger partial charge in [0.2, 0.25) is 5.91 Å². The molecular formula is C23H23N3O3S. The first-order valence-corrected chi connectivity index (χ1v) is 10.8. The first-order valence-electron chi connectivity index (χ1n) is 9.94. The maximum absolute atomic E-state index is 12.7. The van der Waals surface area contributed by atoms with Crippen LogP contribution in [-0.2, 0) is 11.4 Å². The molecule has 0 saturated carbocycles. The second-order valence-corrected chi connectivity index (χ2v) is 8.18. The molecule has 1 atom stereocenters. The van der Waals surface area contributed by atoms with E-state index in [0.717, 1.165) is 34.7 Å². The van der Waals surface area contributed by atoms with Gasteiger partial charge >= 0.3 is 0 Å². The second kappa shape index (κ2) is 9.54. The lowest BCUT2D eigenvalue weighted by Crippen LogP contribution is -2.43. The molecule has 0 spiro atoms. The molecule has 2 aromatic heterocycles. The number of likely N-dealkylation sites (tertiary alicyclic amines) is 1. The predicted molar refractivity (Wildman–Crippen MR) is 117 cm³/mol. The zero-order chi connectivity index (χ0) is 20.8. The number of carbonyl (C=O) groups excluding carboxylic acids is 2. The minimum atomic E-state index is -0.204. The predicted octanol–water partition coefficient (Wildman–Crippen LogP) is 4.21. The van der Waals surface area contributed by atoms with Crippen LogP contribution in [0.3, 0.4) is 0 Å². The summed E-state index contributed by atoms with van der Waals surface area (Å²) in [4.78, 5) is 31.9. The number of pyridine rings is 1. The van der Waals surface area contributed by atoms with Gasteiger partial charge < -0.3 is 15.0 Å². The Bertz CT molecular complexity index is 975. The van der Waals surface area contributed by atoms with Crippen LogP contribution < -0.4 is 10.1 Å². The molecule has 1 aromatic carbocycles. The highest BCUT2D eigenvalue weighted by Gasteiger charge is 2.29. The van der Waals surface area contributed by atoms with Crippen molar-refractivity contribution in [3.63, 3.8) is 0 Å². The highest BCUT2D eigenvalue weighted by molar-refractivity contribution is 7.12. The van der Waals surface area contributed by atoms with Crippen molar-refractivity contribution < 1.29 is 14.3 Å². The van der Waals surface area contributed by atoms with Crippen LogP contribution in [0.15, 0.2) is 66.3 Å². The van der Waals surface area contributed by atoms with E-state index >= 15 is 0 Å². The number of amides is 2. The van der Waals surface area contributed by atoms with Crippen LogP contribution in [0.1, 0.15) is 28.1 Å². The monoisotopic (exact) mass is 421 g/mol. The van der Waals surface area contributed by atoms with Crippen LogP contribution >= 0.6 is 11.3 Å². The minimum absolute atomic E-state index is 0.0117. The lowest BCUT2D eigenvalue weighted by atomic mass is 9.97. The van der Waals surface area contributed by atoms with Gasteiger partial charge in [-0.1, -0.05) is 12.1 Å². The summed E-state index contributed by atoms with van der Waals surface area (Å²) in [5, 5.41) is 4.86. The van der Waals surface area contributed by atoms with E-state index in [1.807, 2.05) is 53.9 Å². The molecule has 7 heteroatoms. The Balaban J connectivity index is 1.30. The van der Waals surface area contributed by atoms with Crippen LogP contribution in [-0.4, -0.2) is 34.8 Å². The number of anilines is 1. The highest BCUT2D eigenvalue weighted by atomic mass is 32.1. The average molecular weight is 422 g/mol. The summed E-state index contributed by atoms with van der Waals surface area (Å²) in [7, 11) is 0. The van der Waals surface area contributed by atoms with Gasteiger partial charge in [-0.2, -0.15) is 0 Å². The standard InChI is InChI=1S/C23H23N3O3S/c27-22(18-5-2-12-26(15-18)23(28)21-6-3-13-30-21)25-19-7-9-20(10-8-19)29-16-17-4-1-11-24-14-17/h1,3-4,6-11,13-14,18H,2,5,12,15-16H2,(H,25,27). The van der Waals surface area contributed by atoms with Crippen LogP contribution in [0.25, 0.3) is 0 Å². The van der Waals surface area contributed by atoms with Crippen LogP contribution in [0, 0.1) is 5.92 Å². The normalized spacial score (nSPS) is 16.1. The van der Waals surface area contributed by atoms with E-state index in [0.29, 0.717) is 19.7 Å². The minimum Gasteiger partial charge on any atom is -0.489 e. The molecule has 0 bridgehead atoms. The van der Waals surface area contributed by atoms with Gasteiger partial charge in [-0.15, -0.1) is 11.3 Å². The first-order chi connectivity index (χ1) is 14.7. The quantitative estimate of drug-likeness (QED) is 0.647. The molecule has 1 aliphatic rings. The zero-order valence-corrected chi connectivity index (χ0v) is 17.3. The van der Waals surface area contributed by atoms with Gasteiger partial charge in [-0.25, -0.2) is 0 Å². The second-order valence-electron chi connectivity index (χ2n) is 7.23. The summed E-state index contributed by atoms with van der Waals surface area (Å²) in [6.45, 7) is 1.59. The summed E-state index contributed by atoms with van der Waals surface area (Å²) in [5.74, 6) is 0.478. The molecular weight excluding hydrogens is 398 g/mol. The van der Waals surface area contributed by atoms with Gasteiger partial charge in [-0.3, -0.25) is 14.6 Å². The smallest absolute Gasteiger partial charge is 0.263 e. The maximum Gasteiger partial charge on any atom is 0.263 e. The van der Waals surface area contributed by atoms with Crippen LogP contribution in [0.2, 0.25) is 0 Å². The molecule has 3 heterocycles. The molecule has 1 aliphatic heterocycles. The zero-order valence-electron chi connectivity index (χ0n) is 16.5. The van der Waals surface area contributed by atoms with Gasteiger partial charge in [0, 0.05) is 36.7 Å². The molecule has 6 nitrogen and oxygen atoms in total.